The van der Waals surface area contributed by atoms with Gasteiger partial charge in [-0.2, -0.15) is 13.2 Å². The molecule has 0 unspecified atom stereocenters. The average molecular weight is 235 g/mol. The van der Waals surface area contributed by atoms with Crippen LogP contribution in [0.3, 0.4) is 0 Å². The molecule has 1 rings (SSSR count). The minimum Gasteiger partial charge on any atom is -0.395 e. The van der Waals surface area contributed by atoms with Gasteiger partial charge in [0.1, 0.15) is 6.54 Å². The Morgan fingerprint density at radius 3 is 2.62 bits per heavy atom. The second-order valence-corrected chi connectivity index (χ2v) is 3.26. The average Bonchev–Trinajstić information content (AvgIpc) is 2.15. The highest BCUT2D eigenvalue weighted by Gasteiger charge is 2.31. The summed E-state index contributed by atoms with van der Waals surface area (Å²) in [6.07, 6.45) is -2.96. The van der Waals surface area contributed by atoms with Gasteiger partial charge in [-0.25, -0.2) is 9.97 Å². The molecule has 1 heterocycles. The summed E-state index contributed by atoms with van der Waals surface area (Å²) in [6, 6.07) is 1.59. The first-order chi connectivity index (χ1) is 7.42. The second kappa shape index (κ2) is 5.11. The van der Waals surface area contributed by atoms with E-state index >= 15 is 0 Å². The van der Waals surface area contributed by atoms with Crippen LogP contribution in [0.1, 0.15) is 5.69 Å². The van der Waals surface area contributed by atoms with Crippen LogP contribution in [-0.2, 0) is 0 Å². The second-order valence-electron chi connectivity index (χ2n) is 3.26. The number of aliphatic hydroxyl groups excluding tert-OH is 1. The molecule has 0 aliphatic carbocycles. The lowest BCUT2D eigenvalue weighted by Gasteiger charge is -2.22. The maximum Gasteiger partial charge on any atom is 0.406 e. The Labute approximate surface area is 90.7 Å². The van der Waals surface area contributed by atoms with Gasteiger partial charge in [0.2, 0.25) is 5.95 Å². The first-order valence-electron chi connectivity index (χ1n) is 4.64. The van der Waals surface area contributed by atoms with Crippen molar-refractivity contribution in [1.82, 2.24) is 9.97 Å². The molecule has 0 aliphatic heterocycles. The lowest BCUT2D eigenvalue weighted by Crippen LogP contribution is -2.37. The van der Waals surface area contributed by atoms with Crippen LogP contribution in [-0.4, -0.2) is 40.9 Å². The number of aliphatic hydroxyl groups is 1. The molecule has 0 saturated heterocycles. The van der Waals surface area contributed by atoms with Gasteiger partial charge in [0.15, 0.2) is 0 Å². The smallest absolute Gasteiger partial charge is 0.395 e. The summed E-state index contributed by atoms with van der Waals surface area (Å²) < 4.78 is 36.7. The van der Waals surface area contributed by atoms with Crippen LogP contribution >= 0.6 is 0 Å². The number of hydrogen-bond donors (Lipinski definition) is 1. The van der Waals surface area contributed by atoms with Gasteiger partial charge in [-0.1, -0.05) is 0 Å². The zero-order valence-corrected chi connectivity index (χ0v) is 8.70. The summed E-state index contributed by atoms with van der Waals surface area (Å²) in [5, 5.41) is 8.70. The van der Waals surface area contributed by atoms with Gasteiger partial charge < -0.3 is 10.0 Å². The van der Waals surface area contributed by atoms with Gasteiger partial charge in [-0.3, -0.25) is 0 Å². The largest absolute Gasteiger partial charge is 0.406 e. The fraction of sp³-hybridized carbons (Fsp3) is 0.556. The molecular weight excluding hydrogens is 223 g/mol. The van der Waals surface area contributed by atoms with E-state index in [0.717, 1.165) is 4.90 Å². The number of nitrogens with zero attached hydrogens (tertiary/aromatic N) is 3. The van der Waals surface area contributed by atoms with Crippen molar-refractivity contribution >= 4 is 5.95 Å². The summed E-state index contributed by atoms with van der Waals surface area (Å²) in [5.74, 6) is -0.0219. The van der Waals surface area contributed by atoms with Crippen molar-refractivity contribution in [3.8, 4) is 0 Å². The molecule has 0 amide bonds. The molecule has 90 valence electrons. The predicted octanol–water partition coefficient (Wildman–Crippen LogP) is 1.15. The SMILES string of the molecule is Cc1ccnc(N(CCO)CC(F)(F)F)n1. The maximum atomic E-state index is 12.2. The van der Waals surface area contributed by atoms with E-state index in [1.54, 1.807) is 13.0 Å². The van der Waals surface area contributed by atoms with Crippen molar-refractivity contribution in [3.63, 3.8) is 0 Å². The van der Waals surface area contributed by atoms with E-state index in [1.165, 1.54) is 6.20 Å². The third-order valence-electron chi connectivity index (χ3n) is 1.81. The van der Waals surface area contributed by atoms with Gasteiger partial charge in [0.05, 0.1) is 6.61 Å². The molecule has 0 aliphatic rings. The molecule has 4 nitrogen and oxygen atoms in total. The number of halogens is 3. The highest BCUT2D eigenvalue weighted by atomic mass is 19.4. The molecule has 16 heavy (non-hydrogen) atoms. The lowest BCUT2D eigenvalue weighted by molar-refractivity contribution is -0.120. The van der Waals surface area contributed by atoms with E-state index in [0.29, 0.717) is 5.69 Å². The minimum absolute atomic E-state index is 0.0219. The molecule has 7 heteroatoms. The molecule has 0 fully saturated rings. The van der Waals surface area contributed by atoms with Crippen molar-refractivity contribution in [2.75, 3.05) is 24.6 Å². The van der Waals surface area contributed by atoms with Crippen molar-refractivity contribution in [2.45, 2.75) is 13.1 Å². The zero-order chi connectivity index (χ0) is 12.2. The standard InChI is InChI=1S/C9H12F3N3O/c1-7-2-3-13-8(14-7)15(4-5-16)6-9(10,11)12/h2-3,16H,4-6H2,1H3. The van der Waals surface area contributed by atoms with Crippen LogP contribution in [0.15, 0.2) is 12.3 Å². The molecule has 0 bridgehead atoms. The number of hydrogen-bond acceptors (Lipinski definition) is 4. The number of anilines is 1. The zero-order valence-electron chi connectivity index (χ0n) is 8.70. The highest BCUT2D eigenvalue weighted by Crippen LogP contribution is 2.19. The number of aryl methyl sites for hydroxylation is 1. The van der Waals surface area contributed by atoms with Gasteiger partial charge in [0, 0.05) is 18.4 Å². The molecule has 1 aromatic heterocycles. The van der Waals surface area contributed by atoms with Crippen LogP contribution in [0.25, 0.3) is 0 Å². The van der Waals surface area contributed by atoms with Gasteiger partial charge in [-0.15, -0.1) is 0 Å². The van der Waals surface area contributed by atoms with Gasteiger partial charge >= 0.3 is 6.18 Å². The Morgan fingerprint density at radius 1 is 1.44 bits per heavy atom. The lowest BCUT2D eigenvalue weighted by atomic mass is 10.4. The predicted molar refractivity (Wildman–Crippen MR) is 52.1 cm³/mol. The van der Waals surface area contributed by atoms with E-state index in [2.05, 4.69) is 9.97 Å². The first-order valence-corrected chi connectivity index (χ1v) is 4.64. The maximum absolute atomic E-state index is 12.2. The van der Waals surface area contributed by atoms with E-state index in [4.69, 9.17) is 5.11 Å². The van der Waals surface area contributed by atoms with E-state index in [1.807, 2.05) is 0 Å². The third kappa shape index (κ3) is 4.01. The fourth-order valence-electron chi connectivity index (χ4n) is 1.17. The number of aromatic nitrogens is 2. The van der Waals surface area contributed by atoms with Crippen LogP contribution < -0.4 is 4.90 Å². The Hall–Kier alpha value is -1.37. The molecule has 1 aromatic rings. The highest BCUT2D eigenvalue weighted by molar-refractivity contribution is 5.30. The summed E-state index contributed by atoms with van der Waals surface area (Å²) >= 11 is 0. The third-order valence-corrected chi connectivity index (χ3v) is 1.81. The molecule has 1 N–H and O–H groups in total. The van der Waals surface area contributed by atoms with Crippen molar-refractivity contribution in [2.24, 2.45) is 0 Å². The van der Waals surface area contributed by atoms with Crippen LogP contribution in [0.2, 0.25) is 0 Å². The van der Waals surface area contributed by atoms with Crippen molar-refractivity contribution < 1.29 is 18.3 Å². The number of alkyl halides is 3. The Morgan fingerprint density at radius 2 is 2.12 bits per heavy atom. The summed E-state index contributed by atoms with van der Waals surface area (Å²) in [4.78, 5) is 8.52. The van der Waals surface area contributed by atoms with E-state index in [-0.39, 0.29) is 19.1 Å². The Balaban J connectivity index is 2.85. The summed E-state index contributed by atoms with van der Waals surface area (Å²) in [6.45, 7) is -0.0384. The summed E-state index contributed by atoms with van der Waals surface area (Å²) in [7, 11) is 0. The van der Waals surface area contributed by atoms with Crippen molar-refractivity contribution in [1.29, 1.82) is 0 Å². The Bertz CT molecular complexity index is 343. The van der Waals surface area contributed by atoms with Crippen LogP contribution in [0, 0.1) is 6.92 Å². The minimum atomic E-state index is -4.34. The molecular formula is C9H12F3N3O. The van der Waals surface area contributed by atoms with Crippen LogP contribution in [0.4, 0.5) is 19.1 Å². The van der Waals surface area contributed by atoms with Crippen LogP contribution in [0.5, 0.6) is 0 Å². The molecule has 0 radical (unpaired) electrons. The first kappa shape index (κ1) is 12.7. The quantitative estimate of drug-likeness (QED) is 0.850. The molecule has 0 saturated carbocycles. The summed E-state index contributed by atoms with van der Waals surface area (Å²) in [5.41, 5.74) is 0.579. The van der Waals surface area contributed by atoms with E-state index < -0.39 is 12.7 Å². The van der Waals surface area contributed by atoms with Gasteiger partial charge in [-0.05, 0) is 13.0 Å². The molecule has 0 aromatic carbocycles. The monoisotopic (exact) mass is 235 g/mol. The topological polar surface area (TPSA) is 49.2 Å². The van der Waals surface area contributed by atoms with E-state index in [9.17, 15) is 13.2 Å². The molecule has 0 spiro atoms. The van der Waals surface area contributed by atoms with Gasteiger partial charge in [0.25, 0.3) is 0 Å². The molecule has 0 atom stereocenters. The number of rotatable bonds is 4. The normalized spacial score (nSPS) is 11.6. The fourth-order valence-corrected chi connectivity index (χ4v) is 1.17. The Kier molecular flexibility index (Phi) is 4.05. The van der Waals surface area contributed by atoms with Crippen molar-refractivity contribution in [3.05, 3.63) is 18.0 Å².